The van der Waals surface area contributed by atoms with E-state index in [1.54, 1.807) is 18.2 Å². The lowest BCUT2D eigenvalue weighted by Crippen LogP contribution is -2.22. The van der Waals surface area contributed by atoms with E-state index in [2.05, 4.69) is 43.9 Å². The summed E-state index contributed by atoms with van der Waals surface area (Å²) in [5, 5.41) is 2.90. The van der Waals surface area contributed by atoms with E-state index in [0.717, 1.165) is 24.8 Å². The molecule has 0 aromatic heterocycles. The summed E-state index contributed by atoms with van der Waals surface area (Å²) in [7, 11) is 1.50. The van der Waals surface area contributed by atoms with Crippen molar-refractivity contribution in [2.45, 2.75) is 46.1 Å². The van der Waals surface area contributed by atoms with Crippen molar-refractivity contribution < 1.29 is 19.1 Å². The molecule has 1 aromatic rings. The lowest BCUT2D eigenvalue weighted by atomic mass is 10.1. The van der Waals surface area contributed by atoms with Crippen molar-refractivity contribution in [1.29, 1.82) is 0 Å². The van der Waals surface area contributed by atoms with Gasteiger partial charge in [0.05, 0.1) is 12.9 Å². The Labute approximate surface area is 161 Å². The van der Waals surface area contributed by atoms with Gasteiger partial charge < -0.3 is 14.8 Å². The predicted octanol–water partition coefficient (Wildman–Crippen LogP) is 3.92. The number of hydrogen-bond acceptors (Lipinski definition) is 5. The van der Waals surface area contributed by atoms with Crippen molar-refractivity contribution in [3.8, 4) is 11.5 Å². The fourth-order valence-corrected chi connectivity index (χ4v) is 2.33. The van der Waals surface area contributed by atoms with Crippen LogP contribution in [0.4, 0.5) is 0 Å². The smallest absolute Gasteiger partial charge is 0.321 e. The van der Waals surface area contributed by atoms with Gasteiger partial charge in [0.2, 0.25) is 5.91 Å². The average Bonchev–Trinajstić information content (AvgIpc) is 2.63. The maximum Gasteiger partial charge on any atom is 0.321 e. The molecule has 1 rings (SSSR count). The second-order valence-corrected chi connectivity index (χ2v) is 6.63. The number of esters is 1. The zero-order chi connectivity index (χ0) is 19.4. The molecule has 1 aromatic carbocycles. The van der Waals surface area contributed by atoms with Crippen LogP contribution in [0.15, 0.2) is 30.4 Å². The first kappa shape index (κ1) is 22.1. The normalized spacial score (nSPS) is 11.0. The molecule has 0 radical (unpaired) electrons. The van der Waals surface area contributed by atoms with Crippen LogP contribution < -0.4 is 14.8 Å². The standard InChI is InChI=1S/C20H29NO4S/c1-15(2)8-6-4-5-7-9-19(22)21-13-16-10-11-17(18(12-16)24-3)25-20(23)14-26/h6,8,10-12,15,26H,4-5,7,9,13-14H2,1-3H3,(H,21,22). The summed E-state index contributed by atoms with van der Waals surface area (Å²) in [5.74, 6) is 0.940. The molecular weight excluding hydrogens is 350 g/mol. The summed E-state index contributed by atoms with van der Waals surface area (Å²) >= 11 is 3.87. The van der Waals surface area contributed by atoms with Gasteiger partial charge in [0, 0.05) is 13.0 Å². The highest BCUT2D eigenvalue weighted by atomic mass is 32.1. The molecule has 0 saturated carbocycles. The highest BCUT2D eigenvalue weighted by Gasteiger charge is 2.10. The van der Waals surface area contributed by atoms with Gasteiger partial charge in [0.1, 0.15) is 0 Å². The van der Waals surface area contributed by atoms with Gasteiger partial charge in [-0.3, -0.25) is 9.59 Å². The Morgan fingerprint density at radius 3 is 2.65 bits per heavy atom. The molecule has 0 unspecified atom stereocenters. The van der Waals surface area contributed by atoms with Crippen LogP contribution in [0.5, 0.6) is 11.5 Å². The number of hydrogen-bond donors (Lipinski definition) is 2. The molecule has 0 aliphatic heterocycles. The zero-order valence-electron chi connectivity index (χ0n) is 15.8. The SMILES string of the molecule is COc1cc(CNC(=O)CCCCC=CC(C)C)ccc1OC(=O)CS. The highest BCUT2D eigenvalue weighted by Crippen LogP contribution is 2.28. The molecule has 26 heavy (non-hydrogen) atoms. The molecule has 0 aliphatic carbocycles. The third-order valence-corrected chi connectivity index (χ3v) is 3.87. The number of rotatable bonds is 11. The van der Waals surface area contributed by atoms with Crippen LogP contribution in [-0.4, -0.2) is 24.7 Å². The summed E-state index contributed by atoms with van der Waals surface area (Å²) in [6.07, 6.45) is 7.77. The Bertz CT molecular complexity index is 614. The summed E-state index contributed by atoms with van der Waals surface area (Å²) < 4.78 is 10.4. The van der Waals surface area contributed by atoms with Crippen LogP contribution in [-0.2, 0) is 16.1 Å². The van der Waals surface area contributed by atoms with Crippen molar-refractivity contribution in [1.82, 2.24) is 5.32 Å². The first-order valence-electron chi connectivity index (χ1n) is 8.88. The van der Waals surface area contributed by atoms with Gasteiger partial charge in [-0.15, -0.1) is 0 Å². The molecule has 0 bridgehead atoms. The molecule has 6 heteroatoms. The molecule has 0 saturated heterocycles. The lowest BCUT2D eigenvalue weighted by molar-refractivity contribution is -0.131. The molecule has 0 fully saturated rings. The van der Waals surface area contributed by atoms with E-state index in [9.17, 15) is 9.59 Å². The van der Waals surface area contributed by atoms with Crippen molar-refractivity contribution in [3.05, 3.63) is 35.9 Å². The van der Waals surface area contributed by atoms with Gasteiger partial charge >= 0.3 is 5.97 Å². The second kappa shape index (κ2) is 12.4. The molecule has 5 nitrogen and oxygen atoms in total. The number of benzene rings is 1. The van der Waals surface area contributed by atoms with Gasteiger partial charge in [0.25, 0.3) is 0 Å². The van der Waals surface area contributed by atoms with Gasteiger partial charge in [0.15, 0.2) is 11.5 Å². The number of nitrogens with one attached hydrogen (secondary N) is 1. The van der Waals surface area contributed by atoms with Crippen molar-refractivity contribution >= 4 is 24.5 Å². The lowest BCUT2D eigenvalue weighted by Gasteiger charge is -2.11. The van der Waals surface area contributed by atoms with E-state index in [1.165, 1.54) is 7.11 Å². The second-order valence-electron chi connectivity index (χ2n) is 6.31. The molecule has 0 atom stereocenters. The summed E-state index contributed by atoms with van der Waals surface area (Å²) in [4.78, 5) is 23.3. The Balaban J connectivity index is 2.39. The van der Waals surface area contributed by atoms with Crippen molar-refractivity contribution in [2.75, 3.05) is 12.9 Å². The number of carbonyl (C=O) groups excluding carboxylic acids is 2. The van der Waals surface area contributed by atoms with Gasteiger partial charge in [-0.1, -0.05) is 32.1 Å². The van der Waals surface area contributed by atoms with E-state index >= 15 is 0 Å². The minimum atomic E-state index is -0.448. The van der Waals surface area contributed by atoms with Gasteiger partial charge in [-0.2, -0.15) is 12.6 Å². The number of amides is 1. The van der Waals surface area contributed by atoms with Crippen molar-refractivity contribution in [3.63, 3.8) is 0 Å². The van der Waals surface area contributed by atoms with Crippen LogP contribution in [0.2, 0.25) is 0 Å². The Kier molecular flexibility index (Phi) is 10.5. The number of carbonyl (C=O) groups is 2. The van der Waals surface area contributed by atoms with Crippen LogP contribution in [0.25, 0.3) is 0 Å². The molecule has 144 valence electrons. The largest absolute Gasteiger partial charge is 0.493 e. The zero-order valence-corrected chi connectivity index (χ0v) is 16.7. The first-order valence-corrected chi connectivity index (χ1v) is 9.51. The molecule has 1 amide bonds. The monoisotopic (exact) mass is 379 g/mol. The number of unbranched alkanes of at least 4 members (excludes halogenated alkanes) is 2. The fourth-order valence-electron chi connectivity index (χ4n) is 2.27. The number of thiol groups is 1. The maximum absolute atomic E-state index is 11.9. The minimum absolute atomic E-state index is 0.00573. The maximum atomic E-state index is 11.9. The predicted molar refractivity (Wildman–Crippen MR) is 107 cm³/mol. The number of ether oxygens (including phenoxy) is 2. The summed E-state index contributed by atoms with van der Waals surface area (Å²) in [5.41, 5.74) is 0.876. The molecule has 0 heterocycles. The number of methoxy groups -OCH3 is 1. The quantitative estimate of drug-likeness (QED) is 0.201. The highest BCUT2D eigenvalue weighted by molar-refractivity contribution is 7.81. The molecule has 0 spiro atoms. The molecule has 1 N–H and O–H groups in total. The first-order chi connectivity index (χ1) is 12.5. The Morgan fingerprint density at radius 2 is 2.00 bits per heavy atom. The molecule has 0 aliphatic rings. The Morgan fingerprint density at radius 1 is 1.23 bits per heavy atom. The molecular formula is C20H29NO4S. The van der Waals surface area contributed by atoms with Gasteiger partial charge in [-0.25, -0.2) is 0 Å². The minimum Gasteiger partial charge on any atom is -0.493 e. The van der Waals surface area contributed by atoms with Crippen LogP contribution in [0, 0.1) is 5.92 Å². The fraction of sp³-hybridized carbons (Fsp3) is 0.500. The van der Waals surface area contributed by atoms with E-state index in [1.807, 2.05) is 0 Å². The van der Waals surface area contributed by atoms with E-state index < -0.39 is 5.97 Å². The summed E-state index contributed by atoms with van der Waals surface area (Å²) in [6.45, 7) is 4.70. The van der Waals surface area contributed by atoms with Crippen LogP contribution in [0.1, 0.15) is 45.1 Å². The summed E-state index contributed by atoms with van der Waals surface area (Å²) in [6, 6.07) is 5.20. The van der Waals surface area contributed by atoms with Gasteiger partial charge in [-0.05, 0) is 42.9 Å². The van der Waals surface area contributed by atoms with Crippen LogP contribution in [0.3, 0.4) is 0 Å². The number of allylic oxidation sites excluding steroid dienone is 2. The van der Waals surface area contributed by atoms with Crippen molar-refractivity contribution in [2.24, 2.45) is 5.92 Å². The third-order valence-electron chi connectivity index (χ3n) is 3.62. The average molecular weight is 380 g/mol. The van der Waals surface area contributed by atoms with E-state index in [4.69, 9.17) is 9.47 Å². The Hall–Kier alpha value is -1.95. The third kappa shape index (κ3) is 8.94. The van der Waals surface area contributed by atoms with E-state index in [0.29, 0.717) is 30.4 Å². The topological polar surface area (TPSA) is 64.6 Å². The van der Waals surface area contributed by atoms with Crippen LogP contribution >= 0.6 is 12.6 Å². The van der Waals surface area contributed by atoms with E-state index in [-0.39, 0.29) is 11.7 Å².